The van der Waals surface area contributed by atoms with Crippen LogP contribution in [0.4, 0.5) is 4.79 Å². The molecule has 0 aromatic rings. The Labute approximate surface area is 114 Å². The van der Waals surface area contributed by atoms with Crippen molar-refractivity contribution in [2.75, 3.05) is 33.4 Å². The van der Waals surface area contributed by atoms with Crippen LogP contribution in [0, 0.1) is 0 Å². The Bertz CT molecular complexity index is 289. The normalized spacial score (nSPS) is 25.6. The highest BCUT2D eigenvalue weighted by molar-refractivity contribution is 5.68. The fourth-order valence-electron chi connectivity index (χ4n) is 1.81. The van der Waals surface area contributed by atoms with E-state index < -0.39 is 11.7 Å². The maximum Gasteiger partial charge on any atom is 0.410 e. The van der Waals surface area contributed by atoms with Crippen molar-refractivity contribution in [3.63, 3.8) is 0 Å². The summed E-state index contributed by atoms with van der Waals surface area (Å²) in [4.78, 5) is 13.6. The number of aliphatic hydroxyl groups excluding tert-OH is 1. The van der Waals surface area contributed by atoms with Crippen LogP contribution in [0.15, 0.2) is 0 Å². The van der Waals surface area contributed by atoms with Crippen LogP contribution in [0.2, 0.25) is 0 Å². The molecule has 1 heterocycles. The third-order valence-electron chi connectivity index (χ3n) is 2.85. The first-order valence-electron chi connectivity index (χ1n) is 6.59. The van der Waals surface area contributed by atoms with E-state index >= 15 is 0 Å². The maximum atomic E-state index is 12.1. The summed E-state index contributed by atoms with van der Waals surface area (Å²) in [6.07, 6.45) is -0.162. The third kappa shape index (κ3) is 5.76. The quantitative estimate of drug-likeness (QED) is 0.815. The molecule has 0 saturated carbocycles. The molecule has 1 aliphatic heterocycles. The van der Waals surface area contributed by atoms with Crippen molar-refractivity contribution >= 4 is 6.09 Å². The lowest BCUT2D eigenvalue weighted by Crippen LogP contribution is -2.46. The van der Waals surface area contributed by atoms with Crippen LogP contribution in [0.5, 0.6) is 0 Å². The second-order valence-electron chi connectivity index (χ2n) is 5.71. The zero-order valence-corrected chi connectivity index (χ0v) is 12.2. The van der Waals surface area contributed by atoms with Gasteiger partial charge in [0.2, 0.25) is 0 Å². The summed E-state index contributed by atoms with van der Waals surface area (Å²) >= 11 is 0. The minimum absolute atomic E-state index is 0.0701. The highest BCUT2D eigenvalue weighted by atomic mass is 16.6. The summed E-state index contributed by atoms with van der Waals surface area (Å²) in [6.45, 7) is 6.65. The first-order chi connectivity index (χ1) is 8.85. The van der Waals surface area contributed by atoms with E-state index in [4.69, 9.17) is 14.2 Å². The van der Waals surface area contributed by atoms with Crippen molar-refractivity contribution in [1.29, 1.82) is 0 Å². The first-order valence-corrected chi connectivity index (χ1v) is 6.59. The molecule has 1 saturated heterocycles. The number of aliphatic hydroxyl groups is 1. The molecule has 0 radical (unpaired) electrons. The number of carbonyl (C=O) groups is 1. The molecule has 1 rings (SSSR count). The van der Waals surface area contributed by atoms with Crippen LogP contribution < -0.4 is 0 Å². The van der Waals surface area contributed by atoms with Crippen LogP contribution in [0.3, 0.4) is 0 Å². The number of rotatable bonds is 2. The molecule has 1 fully saturated rings. The Hall–Kier alpha value is -0.850. The molecule has 112 valence electrons. The summed E-state index contributed by atoms with van der Waals surface area (Å²) in [5.41, 5.74) is -0.532. The van der Waals surface area contributed by atoms with Crippen molar-refractivity contribution in [1.82, 2.24) is 4.90 Å². The number of hydrogen-bond acceptors (Lipinski definition) is 5. The topological polar surface area (TPSA) is 68.2 Å². The van der Waals surface area contributed by atoms with E-state index in [-0.39, 0.29) is 18.8 Å². The minimum Gasteiger partial charge on any atom is -0.444 e. The van der Waals surface area contributed by atoms with E-state index in [1.807, 2.05) is 20.8 Å². The standard InChI is InChI=1S/C13H25NO5/c1-13(2,3)19-12(16)14-6-5-10(17-4)9-18-11(7-14)8-15/h10-11,15H,5-9H2,1-4H3/t10-,11-/m0/s1. The number of carbonyl (C=O) groups excluding carboxylic acids is 1. The van der Waals surface area contributed by atoms with Gasteiger partial charge in [0.05, 0.1) is 32.0 Å². The lowest BCUT2D eigenvalue weighted by molar-refractivity contribution is -0.0764. The maximum absolute atomic E-state index is 12.1. The zero-order chi connectivity index (χ0) is 14.5. The van der Waals surface area contributed by atoms with Crippen LogP contribution in [-0.2, 0) is 14.2 Å². The second-order valence-corrected chi connectivity index (χ2v) is 5.71. The van der Waals surface area contributed by atoms with Crippen LogP contribution in [0.25, 0.3) is 0 Å². The van der Waals surface area contributed by atoms with E-state index in [1.54, 1.807) is 12.0 Å². The molecule has 0 spiro atoms. The first kappa shape index (κ1) is 16.2. The van der Waals surface area contributed by atoms with Gasteiger partial charge in [-0.1, -0.05) is 0 Å². The summed E-state index contributed by atoms with van der Waals surface area (Å²) < 4.78 is 16.1. The molecular formula is C13H25NO5. The third-order valence-corrected chi connectivity index (χ3v) is 2.85. The van der Waals surface area contributed by atoms with Gasteiger partial charge in [0.25, 0.3) is 0 Å². The predicted octanol–water partition coefficient (Wildman–Crippen LogP) is 1.02. The summed E-state index contributed by atoms with van der Waals surface area (Å²) in [7, 11) is 1.61. The van der Waals surface area contributed by atoms with Crippen molar-refractivity contribution in [2.45, 2.75) is 45.0 Å². The molecule has 6 heteroatoms. The molecule has 0 aromatic carbocycles. The number of ether oxygens (including phenoxy) is 3. The minimum atomic E-state index is -0.532. The van der Waals surface area contributed by atoms with E-state index in [1.165, 1.54) is 0 Å². The lowest BCUT2D eigenvalue weighted by atomic mass is 10.2. The van der Waals surface area contributed by atoms with Crippen LogP contribution >= 0.6 is 0 Å². The van der Waals surface area contributed by atoms with Gasteiger partial charge >= 0.3 is 6.09 Å². The number of methoxy groups -OCH3 is 1. The average molecular weight is 275 g/mol. The molecule has 0 aliphatic carbocycles. The summed E-state index contributed by atoms with van der Waals surface area (Å²) in [5, 5.41) is 9.25. The van der Waals surface area contributed by atoms with Gasteiger partial charge in [0, 0.05) is 13.7 Å². The predicted molar refractivity (Wildman–Crippen MR) is 70.0 cm³/mol. The Morgan fingerprint density at radius 1 is 1.47 bits per heavy atom. The van der Waals surface area contributed by atoms with Gasteiger partial charge in [-0.2, -0.15) is 0 Å². The van der Waals surface area contributed by atoms with E-state index in [9.17, 15) is 9.90 Å². The lowest BCUT2D eigenvalue weighted by Gasteiger charge is -2.33. The molecule has 1 aliphatic rings. The summed E-state index contributed by atoms with van der Waals surface area (Å²) in [6, 6.07) is 0. The molecule has 0 aromatic heterocycles. The van der Waals surface area contributed by atoms with Gasteiger partial charge in [0.1, 0.15) is 5.60 Å². The molecule has 0 bridgehead atoms. The number of amides is 1. The average Bonchev–Trinajstić information content (AvgIpc) is 2.27. The molecule has 0 unspecified atom stereocenters. The number of nitrogens with zero attached hydrogens (tertiary/aromatic N) is 1. The van der Waals surface area contributed by atoms with E-state index in [0.29, 0.717) is 26.1 Å². The number of hydrogen-bond donors (Lipinski definition) is 1. The van der Waals surface area contributed by atoms with Crippen molar-refractivity contribution in [3.05, 3.63) is 0 Å². The molecule has 1 amide bonds. The Kier molecular flexibility index (Phi) is 6.03. The van der Waals surface area contributed by atoms with Crippen LogP contribution in [0.1, 0.15) is 27.2 Å². The molecule has 19 heavy (non-hydrogen) atoms. The highest BCUT2D eigenvalue weighted by Gasteiger charge is 2.27. The van der Waals surface area contributed by atoms with Crippen LogP contribution in [-0.4, -0.2) is 67.3 Å². The van der Waals surface area contributed by atoms with Crippen molar-refractivity contribution < 1.29 is 24.1 Å². The van der Waals surface area contributed by atoms with Gasteiger partial charge in [0.15, 0.2) is 0 Å². The van der Waals surface area contributed by atoms with Crippen molar-refractivity contribution in [3.8, 4) is 0 Å². The highest BCUT2D eigenvalue weighted by Crippen LogP contribution is 2.14. The Morgan fingerprint density at radius 2 is 2.16 bits per heavy atom. The Morgan fingerprint density at radius 3 is 2.68 bits per heavy atom. The molecule has 1 N–H and O–H groups in total. The molecule has 2 atom stereocenters. The smallest absolute Gasteiger partial charge is 0.410 e. The van der Waals surface area contributed by atoms with Gasteiger partial charge < -0.3 is 24.2 Å². The SMILES string of the molecule is CO[C@H]1CCN(C(=O)OC(C)(C)C)C[C@@H](CO)OC1. The van der Waals surface area contributed by atoms with Crippen molar-refractivity contribution in [2.24, 2.45) is 0 Å². The van der Waals surface area contributed by atoms with Gasteiger partial charge in [-0.15, -0.1) is 0 Å². The van der Waals surface area contributed by atoms with Gasteiger partial charge in [-0.25, -0.2) is 4.79 Å². The van der Waals surface area contributed by atoms with Gasteiger partial charge in [-0.3, -0.25) is 0 Å². The van der Waals surface area contributed by atoms with Gasteiger partial charge in [-0.05, 0) is 27.2 Å². The Balaban J connectivity index is 2.65. The van der Waals surface area contributed by atoms with E-state index in [2.05, 4.69) is 0 Å². The zero-order valence-electron chi connectivity index (χ0n) is 12.2. The molecule has 6 nitrogen and oxygen atoms in total. The fraction of sp³-hybridized carbons (Fsp3) is 0.923. The fourth-order valence-corrected chi connectivity index (χ4v) is 1.81. The monoisotopic (exact) mass is 275 g/mol. The van der Waals surface area contributed by atoms with E-state index in [0.717, 1.165) is 0 Å². The largest absolute Gasteiger partial charge is 0.444 e. The molecular weight excluding hydrogens is 250 g/mol. The summed E-state index contributed by atoms with van der Waals surface area (Å²) in [5.74, 6) is 0. The second kappa shape index (κ2) is 7.07.